The van der Waals surface area contributed by atoms with Crippen molar-refractivity contribution < 1.29 is 19.2 Å². The van der Waals surface area contributed by atoms with Gasteiger partial charge in [0.05, 0.1) is 12.0 Å². The highest BCUT2D eigenvalue weighted by Crippen LogP contribution is 2.20. The van der Waals surface area contributed by atoms with Crippen molar-refractivity contribution in [3.8, 4) is 0 Å². The number of halogens is 1. The maximum absolute atomic E-state index is 12.3. The molecule has 0 saturated heterocycles. The Hall–Kier alpha value is -2.93. The van der Waals surface area contributed by atoms with Gasteiger partial charge < -0.3 is 10.1 Å². The molecule has 0 aliphatic heterocycles. The van der Waals surface area contributed by atoms with Gasteiger partial charge in [-0.05, 0) is 24.3 Å². The van der Waals surface area contributed by atoms with Gasteiger partial charge in [0.25, 0.3) is 11.6 Å². The first-order valence-corrected chi connectivity index (χ1v) is 7.66. The fourth-order valence-electron chi connectivity index (χ4n) is 2.26. The molecule has 0 heterocycles. The van der Waals surface area contributed by atoms with Gasteiger partial charge in [0.1, 0.15) is 6.04 Å². The molecule has 2 aromatic carbocycles. The van der Waals surface area contributed by atoms with E-state index in [0.29, 0.717) is 16.1 Å². The monoisotopic (exact) mass is 362 g/mol. The van der Waals surface area contributed by atoms with Crippen molar-refractivity contribution in [2.45, 2.75) is 12.5 Å². The van der Waals surface area contributed by atoms with Gasteiger partial charge in [-0.3, -0.25) is 14.9 Å². The second kappa shape index (κ2) is 8.25. The van der Waals surface area contributed by atoms with Crippen molar-refractivity contribution in [3.05, 3.63) is 74.8 Å². The Morgan fingerprint density at radius 1 is 1.20 bits per heavy atom. The molecule has 0 saturated carbocycles. The number of hydrogen-bond donors (Lipinski definition) is 1. The highest BCUT2D eigenvalue weighted by molar-refractivity contribution is 6.30. The molecule has 0 aromatic heterocycles. The van der Waals surface area contributed by atoms with Gasteiger partial charge >= 0.3 is 5.97 Å². The highest BCUT2D eigenvalue weighted by atomic mass is 35.5. The van der Waals surface area contributed by atoms with Crippen LogP contribution in [0.2, 0.25) is 5.02 Å². The van der Waals surface area contributed by atoms with E-state index < -0.39 is 22.8 Å². The summed E-state index contributed by atoms with van der Waals surface area (Å²) in [6.45, 7) is 0. The first-order chi connectivity index (χ1) is 11.9. The van der Waals surface area contributed by atoms with Crippen molar-refractivity contribution in [1.82, 2.24) is 5.32 Å². The lowest BCUT2D eigenvalue weighted by Crippen LogP contribution is -2.43. The summed E-state index contributed by atoms with van der Waals surface area (Å²) in [5, 5.41) is 14.1. The van der Waals surface area contributed by atoms with Crippen molar-refractivity contribution >= 4 is 29.2 Å². The summed E-state index contributed by atoms with van der Waals surface area (Å²) < 4.78 is 4.70. The van der Waals surface area contributed by atoms with Crippen molar-refractivity contribution in [1.29, 1.82) is 0 Å². The summed E-state index contributed by atoms with van der Waals surface area (Å²) in [6.07, 6.45) is -0.0663. The molecule has 25 heavy (non-hydrogen) atoms. The second-order valence-corrected chi connectivity index (χ2v) is 5.58. The van der Waals surface area contributed by atoms with Gasteiger partial charge in [-0.2, -0.15) is 0 Å². The van der Waals surface area contributed by atoms with E-state index in [4.69, 9.17) is 16.3 Å². The molecule has 130 valence electrons. The predicted molar refractivity (Wildman–Crippen MR) is 91.5 cm³/mol. The lowest BCUT2D eigenvalue weighted by atomic mass is 10.0. The average Bonchev–Trinajstić information content (AvgIpc) is 2.61. The van der Waals surface area contributed by atoms with E-state index in [0.717, 1.165) is 0 Å². The zero-order valence-electron chi connectivity index (χ0n) is 13.3. The molecular weight excluding hydrogens is 348 g/mol. The Kier molecular flexibility index (Phi) is 6.08. The molecule has 0 bridgehead atoms. The zero-order valence-corrected chi connectivity index (χ0v) is 14.0. The summed E-state index contributed by atoms with van der Waals surface area (Å²) in [5.74, 6) is -1.20. The lowest BCUT2D eigenvalue weighted by molar-refractivity contribution is -0.385. The number of esters is 1. The molecule has 1 N–H and O–H groups in total. The number of nitro benzene ring substituents is 1. The van der Waals surface area contributed by atoms with Crippen LogP contribution in [0, 0.1) is 10.1 Å². The third-order valence-corrected chi connectivity index (χ3v) is 3.76. The van der Waals surface area contributed by atoms with Gasteiger partial charge in [0, 0.05) is 28.6 Å². The molecule has 2 rings (SSSR count). The van der Waals surface area contributed by atoms with Gasteiger partial charge in [0.15, 0.2) is 0 Å². The fourth-order valence-corrected chi connectivity index (χ4v) is 2.39. The maximum Gasteiger partial charge on any atom is 0.328 e. The number of nitro groups is 1. The Morgan fingerprint density at radius 3 is 2.44 bits per heavy atom. The Balaban J connectivity index is 2.22. The molecule has 0 aliphatic carbocycles. The number of ether oxygens (including phenoxy) is 1. The standard InChI is InChI=1S/C17H15ClN2O5/c1-25-17(22)14(10-12-4-2-3-5-15(12)20(23)24)19-16(21)11-6-8-13(18)9-7-11/h2-9,14H,10H2,1H3,(H,19,21)/t14-/m1/s1. The zero-order chi connectivity index (χ0) is 18.4. The summed E-state index contributed by atoms with van der Waals surface area (Å²) in [5.41, 5.74) is 0.498. The molecule has 0 radical (unpaired) electrons. The summed E-state index contributed by atoms with van der Waals surface area (Å²) in [4.78, 5) is 34.9. The van der Waals surface area contributed by atoms with Gasteiger partial charge in [-0.1, -0.05) is 29.8 Å². The number of benzene rings is 2. The number of rotatable bonds is 6. The smallest absolute Gasteiger partial charge is 0.328 e. The van der Waals surface area contributed by atoms with Gasteiger partial charge in [0.2, 0.25) is 0 Å². The number of nitrogens with one attached hydrogen (secondary N) is 1. The minimum Gasteiger partial charge on any atom is -0.467 e. The quantitative estimate of drug-likeness (QED) is 0.484. The van der Waals surface area contributed by atoms with Crippen molar-refractivity contribution in [2.75, 3.05) is 7.11 Å². The van der Waals surface area contributed by atoms with Crippen LogP contribution >= 0.6 is 11.6 Å². The Labute approximate surface area is 148 Å². The van der Waals surface area contributed by atoms with Crippen LogP contribution in [-0.4, -0.2) is 30.0 Å². The maximum atomic E-state index is 12.3. The Morgan fingerprint density at radius 2 is 1.84 bits per heavy atom. The van der Waals surface area contributed by atoms with E-state index in [9.17, 15) is 19.7 Å². The van der Waals surface area contributed by atoms with Crippen LogP contribution in [0.25, 0.3) is 0 Å². The number of carbonyl (C=O) groups excluding carboxylic acids is 2. The lowest BCUT2D eigenvalue weighted by Gasteiger charge is -2.16. The van der Waals surface area contributed by atoms with Crippen molar-refractivity contribution in [3.63, 3.8) is 0 Å². The topological polar surface area (TPSA) is 98.5 Å². The van der Waals surface area contributed by atoms with Crippen LogP contribution in [-0.2, 0) is 16.0 Å². The molecule has 0 aliphatic rings. The molecular formula is C17H15ClN2O5. The van der Waals surface area contributed by atoms with Crippen LogP contribution in [0.3, 0.4) is 0 Å². The number of carbonyl (C=O) groups is 2. The number of para-hydroxylation sites is 1. The first-order valence-electron chi connectivity index (χ1n) is 7.29. The SMILES string of the molecule is COC(=O)[C@@H](Cc1ccccc1[N+](=O)[O-])NC(=O)c1ccc(Cl)cc1. The molecule has 1 amide bonds. The molecule has 8 heteroatoms. The minimum atomic E-state index is -1.06. The number of methoxy groups -OCH3 is 1. The largest absolute Gasteiger partial charge is 0.467 e. The van der Waals surface area contributed by atoms with E-state index in [2.05, 4.69) is 5.32 Å². The molecule has 2 aromatic rings. The van der Waals surface area contributed by atoms with E-state index in [1.54, 1.807) is 18.2 Å². The van der Waals surface area contributed by atoms with Crippen LogP contribution in [0.4, 0.5) is 5.69 Å². The number of hydrogen-bond acceptors (Lipinski definition) is 5. The summed E-state index contributed by atoms with van der Waals surface area (Å²) in [6, 6.07) is 11.1. The van der Waals surface area contributed by atoms with Crippen LogP contribution in [0.15, 0.2) is 48.5 Å². The number of nitrogens with zero attached hydrogens (tertiary/aromatic N) is 1. The van der Waals surface area contributed by atoms with E-state index in [-0.39, 0.29) is 12.1 Å². The Bertz CT molecular complexity index is 792. The molecule has 7 nitrogen and oxygen atoms in total. The third-order valence-electron chi connectivity index (χ3n) is 3.51. The summed E-state index contributed by atoms with van der Waals surface area (Å²) in [7, 11) is 1.18. The van der Waals surface area contributed by atoms with E-state index in [1.807, 2.05) is 0 Å². The van der Waals surface area contributed by atoms with Gasteiger partial charge in [-0.25, -0.2) is 4.79 Å². The van der Waals surface area contributed by atoms with Crippen LogP contribution in [0.5, 0.6) is 0 Å². The highest BCUT2D eigenvalue weighted by Gasteiger charge is 2.25. The molecule has 0 unspecified atom stereocenters. The predicted octanol–water partition coefficient (Wildman–Crippen LogP) is 2.76. The van der Waals surface area contributed by atoms with Crippen molar-refractivity contribution in [2.24, 2.45) is 0 Å². The minimum absolute atomic E-state index is 0.0663. The molecule has 1 atom stereocenters. The molecule has 0 fully saturated rings. The third kappa shape index (κ3) is 4.77. The normalized spacial score (nSPS) is 11.4. The average molecular weight is 363 g/mol. The second-order valence-electron chi connectivity index (χ2n) is 5.15. The first kappa shape index (κ1) is 18.4. The van der Waals surface area contributed by atoms with E-state index >= 15 is 0 Å². The summed E-state index contributed by atoms with van der Waals surface area (Å²) >= 11 is 5.78. The fraction of sp³-hybridized carbons (Fsp3) is 0.176. The van der Waals surface area contributed by atoms with Gasteiger partial charge in [-0.15, -0.1) is 0 Å². The van der Waals surface area contributed by atoms with E-state index in [1.165, 1.54) is 37.4 Å². The van der Waals surface area contributed by atoms with Crippen LogP contribution in [0.1, 0.15) is 15.9 Å². The molecule has 0 spiro atoms. The van der Waals surface area contributed by atoms with Crippen LogP contribution < -0.4 is 5.32 Å². The number of amides is 1.